The van der Waals surface area contributed by atoms with Crippen LogP contribution in [0.4, 0.5) is 0 Å². The van der Waals surface area contributed by atoms with E-state index in [9.17, 15) is 8.42 Å². The monoisotopic (exact) mass is 407 g/mol. The van der Waals surface area contributed by atoms with Crippen LogP contribution in [0.15, 0.2) is 34.2 Å². The molecule has 3 rings (SSSR count). The first-order valence-corrected chi connectivity index (χ1v) is 11.7. The predicted molar refractivity (Wildman–Crippen MR) is 113 cm³/mol. The fourth-order valence-corrected chi connectivity index (χ4v) is 5.09. The highest BCUT2D eigenvalue weighted by Crippen LogP contribution is 2.26. The van der Waals surface area contributed by atoms with Crippen molar-refractivity contribution >= 4 is 16.0 Å². The van der Waals surface area contributed by atoms with Crippen molar-refractivity contribution in [2.75, 3.05) is 33.2 Å². The van der Waals surface area contributed by atoms with Gasteiger partial charge in [0.05, 0.1) is 4.90 Å². The summed E-state index contributed by atoms with van der Waals surface area (Å²) in [4.78, 5) is 7.17. The molecule has 1 aromatic carbocycles. The van der Waals surface area contributed by atoms with E-state index in [1.807, 2.05) is 6.92 Å². The molecule has 1 saturated heterocycles. The highest BCUT2D eigenvalue weighted by atomic mass is 32.2. The summed E-state index contributed by atoms with van der Waals surface area (Å²) >= 11 is 0. The number of hydrogen-bond acceptors (Lipinski definition) is 4. The second-order valence-corrected chi connectivity index (χ2v) is 9.54. The number of rotatable bonds is 7. The van der Waals surface area contributed by atoms with Gasteiger partial charge in [-0.25, -0.2) is 13.1 Å². The molecule has 0 radical (unpaired) electrons. The lowest BCUT2D eigenvalue weighted by Gasteiger charge is -2.24. The van der Waals surface area contributed by atoms with Crippen LogP contribution in [0.1, 0.15) is 37.7 Å². The fourth-order valence-electron chi connectivity index (χ4n) is 4.06. The minimum Gasteiger partial charge on any atom is -0.355 e. The van der Waals surface area contributed by atoms with Gasteiger partial charge in [-0.3, -0.25) is 9.89 Å². The average Bonchev–Trinajstić information content (AvgIpc) is 3.36. The Labute approximate surface area is 169 Å². The van der Waals surface area contributed by atoms with Crippen LogP contribution in [0.2, 0.25) is 0 Å². The first-order chi connectivity index (χ1) is 13.5. The van der Waals surface area contributed by atoms with Crippen molar-refractivity contribution in [2.45, 2.75) is 56.0 Å². The van der Waals surface area contributed by atoms with E-state index in [2.05, 4.69) is 25.2 Å². The largest absolute Gasteiger partial charge is 0.355 e. The summed E-state index contributed by atoms with van der Waals surface area (Å²) in [6.07, 6.45) is 6.51. The Hall–Kier alpha value is -1.64. The molecule has 1 aliphatic heterocycles. The summed E-state index contributed by atoms with van der Waals surface area (Å²) in [6.45, 7) is 4.92. The van der Waals surface area contributed by atoms with Crippen LogP contribution in [0, 0.1) is 6.92 Å². The average molecular weight is 408 g/mol. The molecule has 0 bridgehead atoms. The molecule has 1 aliphatic carbocycles. The minimum absolute atomic E-state index is 0.290. The van der Waals surface area contributed by atoms with Crippen LogP contribution in [-0.4, -0.2) is 64.6 Å². The molecule has 28 heavy (non-hydrogen) atoms. The Morgan fingerprint density at radius 2 is 1.86 bits per heavy atom. The molecule has 3 N–H and O–H groups in total. The molecule has 8 heteroatoms. The Morgan fingerprint density at radius 1 is 1.14 bits per heavy atom. The first kappa shape index (κ1) is 21.1. The van der Waals surface area contributed by atoms with Crippen LogP contribution >= 0.6 is 0 Å². The van der Waals surface area contributed by atoms with E-state index in [0.29, 0.717) is 24.0 Å². The van der Waals surface area contributed by atoms with Gasteiger partial charge in [0, 0.05) is 45.3 Å². The maximum atomic E-state index is 12.3. The normalized spacial score (nSPS) is 21.9. The van der Waals surface area contributed by atoms with Gasteiger partial charge in [-0.05, 0) is 38.3 Å². The molecule has 1 aromatic rings. The van der Waals surface area contributed by atoms with Gasteiger partial charge in [0.25, 0.3) is 0 Å². The van der Waals surface area contributed by atoms with E-state index in [1.54, 1.807) is 31.3 Å². The highest BCUT2D eigenvalue weighted by molar-refractivity contribution is 7.89. The molecule has 1 atom stereocenters. The molecule has 0 spiro atoms. The zero-order valence-electron chi connectivity index (χ0n) is 16.9. The van der Waals surface area contributed by atoms with Crippen molar-refractivity contribution < 1.29 is 8.42 Å². The molecule has 156 valence electrons. The molecule has 0 amide bonds. The van der Waals surface area contributed by atoms with Crippen molar-refractivity contribution in [1.29, 1.82) is 0 Å². The van der Waals surface area contributed by atoms with Crippen molar-refractivity contribution in [1.82, 2.24) is 20.3 Å². The first-order valence-electron chi connectivity index (χ1n) is 10.3. The number of benzene rings is 1. The topological polar surface area (TPSA) is 85.8 Å². The molecular formula is C20H33N5O2S. The summed E-state index contributed by atoms with van der Waals surface area (Å²) in [5.74, 6) is 0.729. The Bertz CT molecular complexity index is 757. The van der Waals surface area contributed by atoms with Crippen molar-refractivity contribution in [2.24, 2.45) is 4.99 Å². The highest BCUT2D eigenvalue weighted by Gasteiger charge is 2.30. The molecule has 1 saturated carbocycles. The van der Waals surface area contributed by atoms with E-state index in [-0.39, 0.29) is 0 Å². The number of guanidine groups is 1. The summed E-state index contributed by atoms with van der Waals surface area (Å²) in [6, 6.07) is 8.02. The number of sulfonamides is 1. The van der Waals surface area contributed by atoms with Gasteiger partial charge in [0.2, 0.25) is 10.0 Å². The van der Waals surface area contributed by atoms with Gasteiger partial charge in [0.15, 0.2) is 5.96 Å². The molecule has 1 heterocycles. The Kier molecular flexibility index (Phi) is 7.31. The van der Waals surface area contributed by atoms with E-state index < -0.39 is 10.0 Å². The van der Waals surface area contributed by atoms with Crippen LogP contribution < -0.4 is 15.4 Å². The summed E-state index contributed by atoms with van der Waals surface area (Å²) < 4.78 is 27.2. The van der Waals surface area contributed by atoms with E-state index in [0.717, 1.165) is 37.1 Å². The zero-order valence-corrected chi connectivity index (χ0v) is 17.8. The van der Waals surface area contributed by atoms with Gasteiger partial charge < -0.3 is 10.6 Å². The van der Waals surface area contributed by atoms with Crippen molar-refractivity contribution in [3.8, 4) is 0 Å². The van der Waals surface area contributed by atoms with Crippen molar-refractivity contribution in [3.05, 3.63) is 29.8 Å². The van der Waals surface area contributed by atoms with Gasteiger partial charge in [-0.15, -0.1) is 0 Å². The predicted octanol–water partition coefficient (Wildman–Crippen LogP) is 1.46. The van der Waals surface area contributed by atoms with E-state index in [1.165, 1.54) is 25.7 Å². The third kappa shape index (κ3) is 5.68. The lowest BCUT2D eigenvalue weighted by Crippen LogP contribution is -2.47. The van der Waals surface area contributed by atoms with Crippen LogP contribution in [-0.2, 0) is 10.0 Å². The fraction of sp³-hybridized carbons (Fsp3) is 0.650. The quantitative estimate of drug-likeness (QED) is 0.362. The number of aliphatic imine (C=N–C) groups is 1. The van der Waals surface area contributed by atoms with E-state index in [4.69, 9.17) is 0 Å². The maximum absolute atomic E-state index is 12.3. The van der Waals surface area contributed by atoms with Gasteiger partial charge >= 0.3 is 0 Å². The number of nitrogens with one attached hydrogen (secondary N) is 3. The summed E-state index contributed by atoms with van der Waals surface area (Å²) in [5.41, 5.74) is 1.04. The third-order valence-electron chi connectivity index (χ3n) is 5.67. The second kappa shape index (κ2) is 9.71. The smallest absolute Gasteiger partial charge is 0.240 e. The summed E-state index contributed by atoms with van der Waals surface area (Å²) in [5, 5.41) is 6.68. The van der Waals surface area contributed by atoms with Crippen LogP contribution in [0.3, 0.4) is 0 Å². The molecule has 1 unspecified atom stereocenters. The Morgan fingerprint density at radius 3 is 2.54 bits per heavy atom. The number of likely N-dealkylation sites (tertiary alicyclic amines) is 1. The lowest BCUT2D eigenvalue weighted by atomic mass is 10.2. The molecule has 7 nitrogen and oxygen atoms in total. The molecule has 2 aliphatic rings. The summed E-state index contributed by atoms with van der Waals surface area (Å²) in [7, 11) is -1.73. The third-order valence-corrected chi connectivity index (χ3v) is 7.14. The van der Waals surface area contributed by atoms with Crippen LogP contribution in [0.5, 0.6) is 0 Å². The SMILES string of the molecule is CN=C(NCCNS(=O)(=O)c1ccc(C)cc1)NC1CCN(C2CCCC2)C1. The minimum atomic E-state index is -3.48. The molecular weight excluding hydrogens is 374 g/mol. The van der Waals surface area contributed by atoms with Crippen molar-refractivity contribution in [3.63, 3.8) is 0 Å². The molecule has 2 fully saturated rings. The maximum Gasteiger partial charge on any atom is 0.240 e. The Balaban J connectivity index is 1.39. The standard InChI is InChI=1S/C20H33N5O2S/c1-16-7-9-19(10-8-16)28(26,27)23-13-12-22-20(21-2)24-17-11-14-25(15-17)18-5-3-4-6-18/h7-10,17-18,23H,3-6,11-15H2,1-2H3,(H2,21,22,24). The molecule has 0 aromatic heterocycles. The number of aryl methyl sites for hydroxylation is 1. The second-order valence-electron chi connectivity index (χ2n) is 7.77. The van der Waals surface area contributed by atoms with Gasteiger partial charge in [-0.2, -0.15) is 0 Å². The van der Waals surface area contributed by atoms with Gasteiger partial charge in [-0.1, -0.05) is 30.5 Å². The van der Waals surface area contributed by atoms with Gasteiger partial charge in [0.1, 0.15) is 0 Å². The number of nitrogens with zero attached hydrogens (tertiary/aromatic N) is 2. The van der Waals surface area contributed by atoms with E-state index >= 15 is 0 Å². The van der Waals surface area contributed by atoms with Crippen LogP contribution in [0.25, 0.3) is 0 Å². The number of hydrogen-bond donors (Lipinski definition) is 3. The lowest BCUT2D eigenvalue weighted by molar-refractivity contribution is 0.242. The zero-order chi connectivity index (χ0) is 20.0.